The Kier molecular flexibility index (Phi) is 3.53. The van der Waals surface area contributed by atoms with Crippen molar-refractivity contribution in [2.75, 3.05) is 0 Å². The van der Waals surface area contributed by atoms with Crippen LogP contribution in [0.1, 0.15) is 0 Å². The molecule has 3 rings (SSSR count). The lowest BCUT2D eigenvalue weighted by Gasteiger charge is -2.07. The molecule has 2 aromatic heterocycles. The van der Waals surface area contributed by atoms with Gasteiger partial charge in [-0.05, 0) is 30.3 Å². The summed E-state index contributed by atoms with van der Waals surface area (Å²) in [7, 11) is 0. The molecule has 0 fully saturated rings. The summed E-state index contributed by atoms with van der Waals surface area (Å²) in [5.41, 5.74) is 7.38. The second kappa shape index (κ2) is 5.35. The van der Waals surface area contributed by atoms with Crippen LogP contribution in [0.5, 0.6) is 0 Å². The number of carbonyl (C=O) groups excluding carboxylic acids is 1. The van der Waals surface area contributed by atoms with Crippen LogP contribution in [0.2, 0.25) is 10.2 Å². The Morgan fingerprint density at radius 3 is 2.57 bits per heavy atom. The first-order chi connectivity index (χ1) is 10.1. The van der Waals surface area contributed by atoms with Gasteiger partial charge in [-0.1, -0.05) is 23.2 Å². The summed E-state index contributed by atoms with van der Waals surface area (Å²) in [5, 5.41) is 0.900. The lowest BCUT2D eigenvalue weighted by Crippen LogP contribution is -2.19. The number of benzene rings is 1. The zero-order chi connectivity index (χ0) is 15.0. The summed E-state index contributed by atoms with van der Waals surface area (Å²) >= 11 is 12.0. The second-order valence-corrected chi connectivity index (χ2v) is 5.26. The van der Waals surface area contributed by atoms with Gasteiger partial charge < -0.3 is 10.3 Å². The van der Waals surface area contributed by atoms with E-state index < -0.39 is 5.91 Å². The molecular formula is C14H10Cl2N4O. The maximum absolute atomic E-state index is 11.3. The second-order valence-electron chi connectivity index (χ2n) is 4.46. The van der Waals surface area contributed by atoms with Crippen LogP contribution in [-0.2, 0) is 11.3 Å². The molecule has 0 bridgehead atoms. The van der Waals surface area contributed by atoms with E-state index in [-0.39, 0.29) is 11.7 Å². The number of aromatic nitrogens is 3. The molecule has 0 atom stereocenters. The van der Waals surface area contributed by atoms with Crippen LogP contribution >= 0.6 is 23.2 Å². The molecule has 2 N–H and O–H groups in total. The van der Waals surface area contributed by atoms with Crippen molar-refractivity contribution < 1.29 is 4.79 Å². The topological polar surface area (TPSA) is 73.8 Å². The molecule has 2 heterocycles. The number of primary amides is 1. The SMILES string of the molecule is NC(=O)Cn1c(-c2ccc(Cl)cc2)nc2ccnc(Cl)c21. The summed E-state index contributed by atoms with van der Waals surface area (Å²) < 4.78 is 1.66. The lowest BCUT2D eigenvalue weighted by atomic mass is 10.2. The minimum atomic E-state index is -0.482. The number of pyridine rings is 1. The fourth-order valence-electron chi connectivity index (χ4n) is 2.17. The first kappa shape index (κ1) is 13.9. The molecular weight excluding hydrogens is 311 g/mol. The number of imidazole rings is 1. The first-order valence-electron chi connectivity index (χ1n) is 6.11. The molecule has 0 saturated heterocycles. The average Bonchev–Trinajstić information content (AvgIpc) is 2.79. The van der Waals surface area contributed by atoms with Gasteiger partial charge in [-0.3, -0.25) is 4.79 Å². The minimum absolute atomic E-state index is 0.0279. The zero-order valence-corrected chi connectivity index (χ0v) is 12.3. The molecule has 0 saturated carbocycles. The van der Waals surface area contributed by atoms with E-state index in [0.29, 0.717) is 21.9 Å². The average molecular weight is 321 g/mol. The fraction of sp³-hybridized carbons (Fsp3) is 0.0714. The van der Waals surface area contributed by atoms with Gasteiger partial charge in [0.1, 0.15) is 17.9 Å². The van der Waals surface area contributed by atoms with E-state index >= 15 is 0 Å². The molecule has 5 nitrogen and oxygen atoms in total. The molecule has 1 amide bonds. The van der Waals surface area contributed by atoms with E-state index in [1.807, 2.05) is 12.1 Å². The van der Waals surface area contributed by atoms with Crippen LogP contribution in [0, 0.1) is 0 Å². The third-order valence-corrected chi connectivity index (χ3v) is 3.56. The van der Waals surface area contributed by atoms with Gasteiger partial charge in [0.25, 0.3) is 0 Å². The van der Waals surface area contributed by atoms with E-state index in [2.05, 4.69) is 9.97 Å². The summed E-state index contributed by atoms with van der Waals surface area (Å²) in [6, 6.07) is 8.89. The Labute approximate surface area is 130 Å². The van der Waals surface area contributed by atoms with Gasteiger partial charge in [-0.2, -0.15) is 0 Å². The zero-order valence-electron chi connectivity index (χ0n) is 10.8. The van der Waals surface area contributed by atoms with E-state index in [1.165, 1.54) is 0 Å². The highest BCUT2D eigenvalue weighted by molar-refractivity contribution is 6.33. The van der Waals surface area contributed by atoms with Gasteiger partial charge >= 0.3 is 0 Å². The van der Waals surface area contributed by atoms with Crippen LogP contribution in [0.4, 0.5) is 0 Å². The highest BCUT2D eigenvalue weighted by atomic mass is 35.5. The van der Waals surface area contributed by atoms with E-state index in [9.17, 15) is 4.79 Å². The Balaban J connectivity index is 2.28. The normalized spacial score (nSPS) is 11.0. The van der Waals surface area contributed by atoms with Crippen molar-refractivity contribution in [1.82, 2.24) is 14.5 Å². The van der Waals surface area contributed by atoms with Crippen LogP contribution < -0.4 is 5.73 Å². The van der Waals surface area contributed by atoms with Gasteiger partial charge in [0, 0.05) is 16.8 Å². The molecule has 3 aromatic rings. The van der Waals surface area contributed by atoms with Crippen LogP contribution in [0.3, 0.4) is 0 Å². The first-order valence-corrected chi connectivity index (χ1v) is 6.87. The number of halogens is 2. The molecule has 0 aliphatic rings. The summed E-state index contributed by atoms with van der Waals surface area (Å²) in [4.78, 5) is 19.9. The van der Waals surface area contributed by atoms with E-state index in [1.54, 1.807) is 29.0 Å². The third kappa shape index (κ3) is 2.57. The van der Waals surface area contributed by atoms with Crippen LogP contribution in [-0.4, -0.2) is 20.4 Å². The van der Waals surface area contributed by atoms with Crippen molar-refractivity contribution in [3.63, 3.8) is 0 Å². The predicted octanol–water partition coefficient (Wildman–Crippen LogP) is 2.89. The molecule has 21 heavy (non-hydrogen) atoms. The number of hydrogen-bond donors (Lipinski definition) is 1. The van der Waals surface area contributed by atoms with Crippen molar-refractivity contribution in [1.29, 1.82) is 0 Å². The highest BCUT2D eigenvalue weighted by Crippen LogP contribution is 2.28. The number of carbonyl (C=O) groups is 1. The number of fused-ring (bicyclic) bond motifs is 1. The highest BCUT2D eigenvalue weighted by Gasteiger charge is 2.16. The number of nitrogens with two attached hydrogens (primary N) is 1. The molecule has 0 aliphatic carbocycles. The monoisotopic (exact) mass is 320 g/mol. The van der Waals surface area contributed by atoms with Crippen molar-refractivity contribution in [3.05, 3.63) is 46.7 Å². The van der Waals surface area contributed by atoms with E-state index in [4.69, 9.17) is 28.9 Å². The Morgan fingerprint density at radius 2 is 1.90 bits per heavy atom. The lowest BCUT2D eigenvalue weighted by molar-refractivity contribution is -0.118. The van der Waals surface area contributed by atoms with Gasteiger partial charge in [0.2, 0.25) is 5.91 Å². The van der Waals surface area contributed by atoms with E-state index in [0.717, 1.165) is 5.56 Å². The Bertz CT molecular complexity index is 827. The molecule has 0 radical (unpaired) electrons. The Morgan fingerprint density at radius 1 is 1.19 bits per heavy atom. The predicted molar refractivity (Wildman–Crippen MR) is 82.2 cm³/mol. The molecule has 0 spiro atoms. The maximum Gasteiger partial charge on any atom is 0.237 e. The minimum Gasteiger partial charge on any atom is -0.368 e. The summed E-state index contributed by atoms with van der Waals surface area (Å²) in [6.45, 7) is -0.0279. The number of nitrogens with zero attached hydrogens (tertiary/aromatic N) is 3. The molecule has 7 heteroatoms. The largest absolute Gasteiger partial charge is 0.368 e. The quantitative estimate of drug-likeness (QED) is 0.754. The van der Waals surface area contributed by atoms with Crippen LogP contribution in [0.15, 0.2) is 36.5 Å². The fourth-order valence-corrected chi connectivity index (χ4v) is 2.55. The van der Waals surface area contributed by atoms with Gasteiger partial charge in [0.05, 0.1) is 5.52 Å². The number of rotatable bonds is 3. The molecule has 0 aliphatic heterocycles. The van der Waals surface area contributed by atoms with Gasteiger partial charge in [-0.25, -0.2) is 9.97 Å². The number of amides is 1. The standard InChI is InChI=1S/C14H10Cl2N4O/c15-9-3-1-8(2-4-9)14-19-10-5-6-18-13(16)12(10)20(14)7-11(17)21/h1-6H,7H2,(H2,17,21). The summed E-state index contributed by atoms with van der Waals surface area (Å²) in [6.07, 6.45) is 1.57. The Hall–Kier alpha value is -2.11. The molecule has 106 valence electrons. The molecule has 0 unspecified atom stereocenters. The maximum atomic E-state index is 11.3. The molecule has 1 aromatic carbocycles. The van der Waals surface area contributed by atoms with Crippen molar-refractivity contribution in [2.24, 2.45) is 5.73 Å². The summed E-state index contributed by atoms with van der Waals surface area (Å²) in [5.74, 6) is 0.111. The van der Waals surface area contributed by atoms with Crippen molar-refractivity contribution in [3.8, 4) is 11.4 Å². The third-order valence-electron chi connectivity index (χ3n) is 3.03. The van der Waals surface area contributed by atoms with Crippen molar-refractivity contribution in [2.45, 2.75) is 6.54 Å². The van der Waals surface area contributed by atoms with Gasteiger partial charge in [0.15, 0.2) is 5.15 Å². The van der Waals surface area contributed by atoms with Crippen molar-refractivity contribution >= 4 is 40.1 Å². The number of hydrogen-bond acceptors (Lipinski definition) is 3. The smallest absolute Gasteiger partial charge is 0.237 e. The van der Waals surface area contributed by atoms with Crippen LogP contribution in [0.25, 0.3) is 22.4 Å². The van der Waals surface area contributed by atoms with Gasteiger partial charge in [-0.15, -0.1) is 0 Å².